The molecule has 0 saturated heterocycles. The summed E-state index contributed by atoms with van der Waals surface area (Å²) in [5, 5.41) is 2.73. The fourth-order valence-electron chi connectivity index (χ4n) is 2.99. The molecule has 5 nitrogen and oxygen atoms in total. The van der Waals surface area contributed by atoms with Gasteiger partial charge in [-0.3, -0.25) is 4.79 Å². The Balaban J connectivity index is 1.66. The molecule has 2 aromatic carbocycles. The first-order chi connectivity index (χ1) is 14.6. The van der Waals surface area contributed by atoms with Gasteiger partial charge in [0.15, 0.2) is 0 Å². The van der Waals surface area contributed by atoms with E-state index < -0.39 is 5.82 Å². The second-order valence-corrected chi connectivity index (χ2v) is 7.83. The van der Waals surface area contributed by atoms with E-state index in [-0.39, 0.29) is 11.5 Å². The molecule has 0 aliphatic carbocycles. The molecule has 0 bridgehead atoms. The quantitative estimate of drug-likeness (QED) is 0.433. The Labute approximate surface area is 180 Å². The summed E-state index contributed by atoms with van der Waals surface area (Å²) in [7, 11) is 1.62. The Morgan fingerprint density at radius 3 is 2.80 bits per heavy atom. The number of hydrogen-bond acceptors (Lipinski definition) is 5. The van der Waals surface area contributed by atoms with Crippen LogP contribution >= 0.6 is 11.3 Å². The number of halogens is 1. The van der Waals surface area contributed by atoms with Crippen LogP contribution in [0, 0.1) is 12.7 Å². The Morgan fingerprint density at radius 1 is 1.20 bits per heavy atom. The molecule has 1 heterocycles. The summed E-state index contributed by atoms with van der Waals surface area (Å²) < 4.78 is 25.0. The molecule has 0 spiro atoms. The van der Waals surface area contributed by atoms with Crippen LogP contribution in [-0.4, -0.2) is 36.1 Å². The number of carbonyl (C=O) groups excluding carboxylic acids is 1. The SMILES string of the molecule is COCCCN(Cc1csc(COc2cccc(C)c2)n1)C(=O)c1ccccc1F. The number of aromatic nitrogens is 1. The van der Waals surface area contributed by atoms with Crippen molar-refractivity contribution in [1.29, 1.82) is 0 Å². The van der Waals surface area contributed by atoms with Gasteiger partial charge in [-0.25, -0.2) is 9.37 Å². The average Bonchev–Trinajstić information content (AvgIpc) is 3.19. The highest BCUT2D eigenvalue weighted by Crippen LogP contribution is 2.19. The van der Waals surface area contributed by atoms with E-state index in [1.165, 1.54) is 23.5 Å². The molecule has 3 aromatic rings. The molecule has 1 aromatic heterocycles. The highest BCUT2D eigenvalue weighted by Gasteiger charge is 2.20. The van der Waals surface area contributed by atoms with Gasteiger partial charge in [-0.05, 0) is 43.2 Å². The zero-order valence-corrected chi connectivity index (χ0v) is 18.0. The monoisotopic (exact) mass is 428 g/mol. The molecule has 30 heavy (non-hydrogen) atoms. The average molecular weight is 429 g/mol. The number of carbonyl (C=O) groups is 1. The van der Waals surface area contributed by atoms with E-state index in [1.54, 1.807) is 24.1 Å². The van der Waals surface area contributed by atoms with Crippen LogP contribution in [0.1, 0.15) is 33.0 Å². The van der Waals surface area contributed by atoms with Gasteiger partial charge in [0.25, 0.3) is 5.91 Å². The number of nitrogens with zero attached hydrogens (tertiary/aromatic N) is 2. The van der Waals surface area contributed by atoms with Gasteiger partial charge in [-0.15, -0.1) is 11.3 Å². The number of methoxy groups -OCH3 is 1. The van der Waals surface area contributed by atoms with Gasteiger partial charge in [-0.1, -0.05) is 24.3 Å². The van der Waals surface area contributed by atoms with Crippen LogP contribution in [0.2, 0.25) is 0 Å². The maximum atomic E-state index is 14.1. The third-order valence-electron chi connectivity index (χ3n) is 4.47. The fourth-order valence-corrected chi connectivity index (χ4v) is 3.69. The standard InChI is InChI=1S/C23H25FN2O3S/c1-17-7-5-8-19(13-17)29-15-22-25-18(16-30-22)14-26(11-6-12-28-2)23(27)20-9-3-4-10-21(20)24/h3-5,7-10,13,16H,6,11-12,14-15H2,1-2H3. The lowest BCUT2D eigenvalue weighted by Crippen LogP contribution is -2.32. The van der Waals surface area contributed by atoms with Crippen molar-refractivity contribution in [3.05, 3.63) is 81.6 Å². The summed E-state index contributed by atoms with van der Waals surface area (Å²) >= 11 is 1.48. The molecule has 0 atom stereocenters. The van der Waals surface area contributed by atoms with Crippen molar-refractivity contribution in [2.75, 3.05) is 20.3 Å². The summed E-state index contributed by atoms with van der Waals surface area (Å²) in [6.45, 7) is 3.65. The summed E-state index contributed by atoms with van der Waals surface area (Å²) in [6, 6.07) is 13.9. The zero-order chi connectivity index (χ0) is 21.3. The number of aryl methyl sites for hydroxylation is 1. The molecule has 158 valence electrons. The van der Waals surface area contributed by atoms with Crippen LogP contribution in [0.25, 0.3) is 0 Å². The lowest BCUT2D eigenvalue weighted by Gasteiger charge is -2.22. The summed E-state index contributed by atoms with van der Waals surface area (Å²) in [5.41, 5.74) is 1.95. The van der Waals surface area contributed by atoms with Gasteiger partial charge in [0.2, 0.25) is 0 Å². The van der Waals surface area contributed by atoms with E-state index in [0.717, 1.165) is 22.0 Å². The summed E-state index contributed by atoms with van der Waals surface area (Å²) in [5.74, 6) is -0.0813. The van der Waals surface area contributed by atoms with Gasteiger partial charge in [0.05, 0.1) is 17.8 Å². The number of rotatable bonds is 10. The second-order valence-electron chi connectivity index (χ2n) is 6.89. The number of amides is 1. The number of hydrogen-bond donors (Lipinski definition) is 0. The maximum absolute atomic E-state index is 14.1. The van der Waals surface area contributed by atoms with Crippen molar-refractivity contribution in [2.45, 2.75) is 26.5 Å². The van der Waals surface area contributed by atoms with E-state index in [9.17, 15) is 9.18 Å². The van der Waals surface area contributed by atoms with Gasteiger partial charge in [-0.2, -0.15) is 0 Å². The molecular formula is C23H25FN2O3S. The molecule has 0 fully saturated rings. The van der Waals surface area contributed by atoms with Gasteiger partial charge in [0, 0.05) is 25.6 Å². The molecule has 0 radical (unpaired) electrons. The van der Waals surface area contributed by atoms with Crippen LogP contribution in [0.4, 0.5) is 4.39 Å². The molecule has 1 amide bonds. The Bertz CT molecular complexity index is 976. The molecular weight excluding hydrogens is 403 g/mol. The molecule has 7 heteroatoms. The van der Waals surface area contributed by atoms with E-state index in [4.69, 9.17) is 9.47 Å². The highest BCUT2D eigenvalue weighted by molar-refractivity contribution is 7.09. The number of thiazole rings is 1. The zero-order valence-electron chi connectivity index (χ0n) is 17.1. The van der Waals surface area contributed by atoms with Crippen LogP contribution < -0.4 is 4.74 Å². The summed E-state index contributed by atoms with van der Waals surface area (Å²) in [4.78, 5) is 19.1. The molecule has 0 unspecified atom stereocenters. The topological polar surface area (TPSA) is 51.7 Å². The van der Waals surface area contributed by atoms with Crippen molar-refractivity contribution in [1.82, 2.24) is 9.88 Å². The van der Waals surface area contributed by atoms with Crippen molar-refractivity contribution < 1.29 is 18.7 Å². The third-order valence-corrected chi connectivity index (χ3v) is 5.34. The lowest BCUT2D eigenvalue weighted by atomic mass is 10.1. The number of ether oxygens (including phenoxy) is 2. The largest absolute Gasteiger partial charge is 0.486 e. The van der Waals surface area contributed by atoms with E-state index in [1.807, 2.05) is 36.6 Å². The molecule has 0 aliphatic heterocycles. The van der Waals surface area contributed by atoms with Crippen molar-refractivity contribution in [3.8, 4) is 5.75 Å². The molecule has 0 saturated carbocycles. The van der Waals surface area contributed by atoms with E-state index in [2.05, 4.69) is 4.98 Å². The first kappa shape index (κ1) is 21.9. The van der Waals surface area contributed by atoms with E-state index >= 15 is 0 Å². The molecule has 3 rings (SSSR count). The Hall–Kier alpha value is -2.77. The first-order valence-electron chi connectivity index (χ1n) is 9.72. The normalized spacial score (nSPS) is 10.8. The minimum absolute atomic E-state index is 0.0631. The minimum atomic E-state index is -0.523. The molecule has 0 N–H and O–H groups in total. The van der Waals surface area contributed by atoms with Crippen molar-refractivity contribution >= 4 is 17.2 Å². The van der Waals surface area contributed by atoms with Crippen molar-refractivity contribution in [3.63, 3.8) is 0 Å². The van der Waals surface area contributed by atoms with Gasteiger partial charge < -0.3 is 14.4 Å². The van der Waals surface area contributed by atoms with Gasteiger partial charge >= 0.3 is 0 Å². The maximum Gasteiger partial charge on any atom is 0.257 e. The summed E-state index contributed by atoms with van der Waals surface area (Å²) in [6.07, 6.45) is 0.657. The van der Waals surface area contributed by atoms with Crippen molar-refractivity contribution in [2.24, 2.45) is 0 Å². The minimum Gasteiger partial charge on any atom is -0.486 e. The lowest BCUT2D eigenvalue weighted by molar-refractivity contribution is 0.0717. The Kier molecular flexibility index (Phi) is 7.93. The van der Waals surface area contributed by atoms with Gasteiger partial charge in [0.1, 0.15) is 23.2 Å². The molecule has 0 aliphatic rings. The second kappa shape index (κ2) is 10.8. The first-order valence-corrected chi connectivity index (χ1v) is 10.6. The highest BCUT2D eigenvalue weighted by atomic mass is 32.1. The van der Waals surface area contributed by atoms with Crippen LogP contribution in [0.15, 0.2) is 53.9 Å². The fraction of sp³-hybridized carbons (Fsp3) is 0.304. The van der Waals surface area contributed by atoms with Crippen LogP contribution in [-0.2, 0) is 17.9 Å². The van der Waals surface area contributed by atoms with Crippen LogP contribution in [0.3, 0.4) is 0 Å². The smallest absolute Gasteiger partial charge is 0.257 e. The van der Waals surface area contributed by atoms with Crippen LogP contribution in [0.5, 0.6) is 5.75 Å². The Morgan fingerprint density at radius 2 is 2.03 bits per heavy atom. The number of benzene rings is 2. The predicted molar refractivity (Wildman–Crippen MR) is 115 cm³/mol. The third kappa shape index (κ3) is 6.11. The predicted octanol–water partition coefficient (Wildman–Crippen LogP) is 4.85. The van der Waals surface area contributed by atoms with E-state index in [0.29, 0.717) is 32.7 Å².